The van der Waals surface area contributed by atoms with Crippen molar-refractivity contribution < 1.29 is 4.79 Å². The van der Waals surface area contributed by atoms with Gasteiger partial charge in [0.05, 0.1) is 0 Å². The van der Waals surface area contributed by atoms with E-state index in [1.807, 2.05) is 0 Å². The fourth-order valence-corrected chi connectivity index (χ4v) is 2.61. The molecule has 1 aromatic carbocycles. The lowest BCUT2D eigenvalue weighted by molar-refractivity contribution is -0.120. The molecule has 0 heterocycles. The summed E-state index contributed by atoms with van der Waals surface area (Å²) in [5, 5.41) is 3.55. The van der Waals surface area contributed by atoms with Crippen molar-refractivity contribution in [1.29, 1.82) is 0 Å². The van der Waals surface area contributed by atoms with Crippen LogP contribution in [0.5, 0.6) is 0 Å². The number of Topliss-reactive ketones (excluding diaryl/α,β-unsaturated/α-hetero) is 1. The molecule has 98 valence electrons. The number of nitrogens with one attached hydrogen (secondary N) is 1. The topological polar surface area (TPSA) is 29.1 Å². The van der Waals surface area contributed by atoms with E-state index in [4.69, 9.17) is 0 Å². The van der Waals surface area contributed by atoms with Crippen molar-refractivity contribution in [3.8, 4) is 0 Å². The molecule has 0 saturated heterocycles. The van der Waals surface area contributed by atoms with Crippen LogP contribution >= 0.6 is 0 Å². The van der Waals surface area contributed by atoms with Crippen molar-refractivity contribution in [2.45, 2.75) is 46.5 Å². The van der Waals surface area contributed by atoms with Gasteiger partial charge in [0, 0.05) is 25.1 Å². The quantitative estimate of drug-likeness (QED) is 0.878. The van der Waals surface area contributed by atoms with Gasteiger partial charge in [0.25, 0.3) is 0 Å². The Balaban J connectivity index is 1.94. The summed E-state index contributed by atoms with van der Waals surface area (Å²) in [5.74, 6) is 1.09. The molecule has 18 heavy (non-hydrogen) atoms. The molecule has 0 spiro atoms. The van der Waals surface area contributed by atoms with Crippen LogP contribution in [0.15, 0.2) is 12.1 Å². The first-order valence-electron chi connectivity index (χ1n) is 6.89. The summed E-state index contributed by atoms with van der Waals surface area (Å²) >= 11 is 0. The van der Waals surface area contributed by atoms with E-state index in [2.05, 4.69) is 38.2 Å². The number of anilines is 1. The van der Waals surface area contributed by atoms with E-state index in [9.17, 15) is 4.79 Å². The molecule has 1 fully saturated rings. The molecule has 0 aromatic heterocycles. The van der Waals surface area contributed by atoms with E-state index in [1.165, 1.54) is 22.4 Å². The van der Waals surface area contributed by atoms with Crippen LogP contribution in [0.4, 0.5) is 5.69 Å². The Bertz CT molecular complexity index is 441. The first kappa shape index (κ1) is 13.1. The van der Waals surface area contributed by atoms with Crippen molar-refractivity contribution in [2.75, 3.05) is 11.9 Å². The number of carbonyl (C=O) groups is 1. The van der Waals surface area contributed by atoms with Crippen LogP contribution in [0.2, 0.25) is 0 Å². The van der Waals surface area contributed by atoms with Crippen LogP contribution < -0.4 is 5.32 Å². The number of rotatable bonds is 3. The lowest BCUT2D eigenvalue weighted by Gasteiger charge is -2.22. The van der Waals surface area contributed by atoms with E-state index in [0.29, 0.717) is 11.7 Å². The molecular weight excluding hydrogens is 222 g/mol. The molecule has 2 rings (SSSR count). The molecule has 2 heteroatoms. The van der Waals surface area contributed by atoms with Crippen molar-refractivity contribution in [3.63, 3.8) is 0 Å². The molecule has 1 saturated carbocycles. The molecule has 0 aliphatic heterocycles. The highest BCUT2D eigenvalue weighted by atomic mass is 16.1. The zero-order valence-electron chi connectivity index (χ0n) is 11.7. The minimum Gasteiger partial charge on any atom is -0.385 e. The molecule has 0 radical (unpaired) electrons. The minimum atomic E-state index is 0.439. The first-order chi connectivity index (χ1) is 8.56. The molecule has 0 atom stereocenters. The van der Waals surface area contributed by atoms with Crippen LogP contribution in [-0.2, 0) is 4.79 Å². The summed E-state index contributed by atoms with van der Waals surface area (Å²) < 4.78 is 0. The molecule has 1 aliphatic rings. The Morgan fingerprint density at radius 2 is 1.67 bits per heavy atom. The highest BCUT2D eigenvalue weighted by Crippen LogP contribution is 2.24. The minimum absolute atomic E-state index is 0.439. The Hall–Kier alpha value is -1.31. The summed E-state index contributed by atoms with van der Waals surface area (Å²) in [5.41, 5.74) is 5.24. The summed E-state index contributed by atoms with van der Waals surface area (Å²) in [6, 6.07) is 4.47. The summed E-state index contributed by atoms with van der Waals surface area (Å²) in [7, 11) is 0. The van der Waals surface area contributed by atoms with Crippen molar-refractivity contribution in [2.24, 2.45) is 5.92 Å². The van der Waals surface area contributed by atoms with Gasteiger partial charge in [-0.1, -0.05) is 6.07 Å². The van der Waals surface area contributed by atoms with Gasteiger partial charge in [-0.05, 0) is 62.3 Å². The fraction of sp³-hybridized carbons (Fsp3) is 0.562. The number of aryl methyl sites for hydroxylation is 3. The highest BCUT2D eigenvalue weighted by molar-refractivity contribution is 5.79. The van der Waals surface area contributed by atoms with E-state index >= 15 is 0 Å². The van der Waals surface area contributed by atoms with Crippen LogP contribution in [0.1, 0.15) is 42.4 Å². The second-order valence-electron chi connectivity index (χ2n) is 5.61. The number of hydrogen-bond acceptors (Lipinski definition) is 2. The summed E-state index contributed by atoms with van der Waals surface area (Å²) in [6.45, 7) is 7.45. The van der Waals surface area contributed by atoms with E-state index in [1.54, 1.807) is 0 Å². The van der Waals surface area contributed by atoms with Gasteiger partial charge in [-0.2, -0.15) is 0 Å². The van der Waals surface area contributed by atoms with Crippen molar-refractivity contribution in [3.05, 3.63) is 28.8 Å². The maximum atomic E-state index is 11.2. The summed E-state index contributed by atoms with van der Waals surface area (Å²) in [4.78, 5) is 11.2. The van der Waals surface area contributed by atoms with Gasteiger partial charge in [-0.15, -0.1) is 0 Å². The smallest absolute Gasteiger partial charge is 0.132 e. The SMILES string of the molecule is Cc1cc(C)c(NCC2CCC(=O)CC2)cc1C. The van der Waals surface area contributed by atoms with Gasteiger partial charge in [0.1, 0.15) is 5.78 Å². The second-order valence-corrected chi connectivity index (χ2v) is 5.61. The van der Waals surface area contributed by atoms with Gasteiger partial charge in [-0.25, -0.2) is 0 Å². The standard InChI is InChI=1S/C16H23NO/c1-11-8-13(3)16(9-12(11)2)17-10-14-4-6-15(18)7-5-14/h8-9,14,17H,4-7,10H2,1-3H3. The molecule has 1 N–H and O–H groups in total. The van der Waals surface area contributed by atoms with Crippen molar-refractivity contribution in [1.82, 2.24) is 0 Å². The largest absolute Gasteiger partial charge is 0.385 e. The van der Waals surface area contributed by atoms with Gasteiger partial charge >= 0.3 is 0 Å². The lowest BCUT2D eigenvalue weighted by Crippen LogP contribution is -2.21. The first-order valence-corrected chi connectivity index (χ1v) is 6.89. The normalized spacial score (nSPS) is 16.9. The number of hydrogen-bond donors (Lipinski definition) is 1. The third-order valence-electron chi connectivity index (χ3n) is 4.08. The van der Waals surface area contributed by atoms with Crippen LogP contribution in [0.25, 0.3) is 0 Å². The fourth-order valence-electron chi connectivity index (χ4n) is 2.61. The molecule has 1 aromatic rings. The maximum Gasteiger partial charge on any atom is 0.132 e. The zero-order valence-corrected chi connectivity index (χ0v) is 11.7. The predicted octanol–water partition coefficient (Wildman–Crippen LogP) is 3.78. The molecular formula is C16H23NO. The maximum absolute atomic E-state index is 11.2. The molecule has 1 aliphatic carbocycles. The van der Waals surface area contributed by atoms with Gasteiger partial charge in [0.15, 0.2) is 0 Å². The van der Waals surface area contributed by atoms with Crippen LogP contribution in [-0.4, -0.2) is 12.3 Å². The summed E-state index contributed by atoms with van der Waals surface area (Å²) in [6.07, 6.45) is 3.65. The van der Waals surface area contributed by atoms with E-state index < -0.39 is 0 Å². The molecule has 2 nitrogen and oxygen atoms in total. The zero-order chi connectivity index (χ0) is 13.1. The number of benzene rings is 1. The second kappa shape index (κ2) is 5.55. The Labute approximate surface area is 110 Å². The van der Waals surface area contributed by atoms with E-state index in [-0.39, 0.29) is 0 Å². The van der Waals surface area contributed by atoms with Gasteiger partial charge in [0.2, 0.25) is 0 Å². The third kappa shape index (κ3) is 3.12. The molecule has 0 bridgehead atoms. The van der Waals surface area contributed by atoms with E-state index in [0.717, 1.165) is 32.2 Å². The van der Waals surface area contributed by atoms with Crippen molar-refractivity contribution >= 4 is 11.5 Å². The van der Waals surface area contributed by atoms with Gasteiger partial charge in [-0.3, -0.25) is 4.79 Å². The van der Waals surface area contributed by atoms with Gasteiger partial charge < -0.3 is 5.32 Å². The highest BCUT2D eigenvalue weighted by Gasteiger charge is 2.18. The number of carbonyl (C=O) groups excluding carboxylic acids is 1. The lowest BCUT2D eigenvalue weighted by atomic mass is 9.88. The molecule has 0 unspecified atom stereocenters. The monoisotopic (exact) mass is 245 g/mol. The van der Waals surface area contributed by atoms with Crippen LogP contribution in [0, 0.1) is 26.7 Å². The average Bonchev–Trinajstić information content (AvgIpc) is 2.34. The van der Waals surface area contributed by atoms with Crippen LogP contribution in [0.3, 0.4) is 0 Å². The Morgan fingerprint density at radius 1 is 1.06 bits per heavy atom. The number of ketones is 1. The Kier molecular flexibility index (Phi) is 4.05. The predicted molar refractivity (Wildman–Crippen MR) is 76.1 cm³/mol. The average molecular weight is 245 g/mol. The third-order valence-corrected chi connectivity index (χ3v) is 4.08. The Morgan fingerprint density at radius 3 is 2.33 bits per heavy atom. The molecule has 0 amide bonds.